The molecule has 5 heteroatoms. The molecule has 1 aliphatic heterocycles. The van der Waals surface area contributed by atoms with Crippen molar-refractivity contribution in [2.75, 3.05) is 19.8 Å². The quantitative estimate of drug-likeness (QED) is 0.817. The third kappa shape index (κ3) is 3.46. The number of benzene rings is 1. The van der Waals surface area contributed by atoms with Gasteiger partial charge in [-0.05, 0) is 17.7 Å². The molecule has 0 saturated heterocycles. The van der Waals surface area contributed by atoms with E-state index in [1.807, 2.05) is 12.1 Å². The van der Waals surface area contributed by atoms with Crippen LogP contribution < -0.4 is 4.74 Å². The Balaban J connectivity index is 1.96. The molecule has 0 aromatic heterocycles. The number of hydrogen-bond acceptors (Lipinski definition) is 3. The minimum atomic E-state index is -2.47. The van der Waals surface area contributed by atoms with E-state index in [0.717, 1.165) is 16.9 Å². The lowest BCUT2D eigenvalue weighted by Gasteiger charge is -2.17. The summed E-state index contributed by atoms with van der Waals surface area (Å²) < 4.78 is 34.2. The SMILES string of the molecule is CC1(C)COc2ccc(C(O)CCOCC(F)F)cc21. The number of ether oxygens (including phenoxy) is 2. The van der Waals surface area contributed by atoms with E-state index in [9.17, 15) is 13.9 Å². The molecule has 1 aromatic rings. The van der Waals surface area contributed by atoms with E-state index in [-0.39, 0.29) is 12.0 Å². The number of fused-ring (bicyclic) bond motifs is 1. The van der Waals surface area contributed by atoms with E-state index in [1.54, 1.807) is 6.07 Å². The number of hydrogen-bond donors (Lipinski definition) is 1. The standard InChI is InChI=1S/C15H20F2O3/c1-15(2)9-20-13-4-3-10(7-11(13)15)12(18)5-6-19-8-14(16)17/h3-4,7,12,14,18H,5-6,8-9H2,1-2H3. The van der Waals surface area contributed by atoms with Crippen molar-refractivity contribution in [3.8, 4) is 5.75 Å². The van der Waals surface area contributed by atoms with Gasteiger partial charge in [0.1, 0.15) is 12.4 Å². The summed E-state index contributed by atoms with van der Waals surface area (Å²) in [6.45, 7) is 4.32. The smallest absolute Gasteiger partial charge is 0.261 e. The lowest BCUT2D eigenvalue weighted by Crippen LogP contribution is -2.18. The first kappa shape index (κ1) is 15.2. The molecule has 3 nitrogen and oxygen atoms in total. The molecular formula is C15H20F2O3. The minimum absolute atomic E-state index is 0.0722. The summed E-state index contributed by atoms with van der Waals surface area (Å²) in [6.07, 6.45) is -2.88. The van der Waals surface area contributed by atoms with Crippen molar-refractivity contribution in [2.45, 2.75) is 38.2 Å². The van der Waals surface area contributed by atoms with E-state index >= 15 is 0 Å². The summed E-state index contributed by atoms with van der Waals surface area (Å²) in [7, 11) is 0. The normalized spacial score (nSPS) is 17.9. The zero-order valence-electron chi connectivity index (χ0n) is 11.7. The predicted octanol–water partition coefficient (Wildman–Crippen LogP) is 3.06. The molecule has 1 heterocycles. The molecule has 112 valence electrons. The maximum absolute atomic E-state index is 11.9. The number of alkyl halides is 2. The highest BCUT2D eigenvalue weighted by Gasteiger charge is 2.32. The lowest BCUT2D eigenvalue weighted by atomic mass is 9.85. The number of aliphatic hydroxyl groups excluding tert-OH is 1. The van der Waals surface area contributed by atoms with Gasteiger partial charge in [-0.1, -0.05) is 19.9 Å². The van der Waals surface area contributed by atoms with Gasteiger partial charge in [-0.15, -0.1) is 0 Å². The molecular weight excluding hydrogens is 266 g/mol. The highest BCUT2D eigenvalue weighted by atomic mass is 19.3. The topological polar surface area (TPSA) is 38.7 Å². The average molecular weight is 286 g/mol. The van der Waals surface area contributed by atoms with E-state index in [2.05, 4.69) is 13.8 Å². The van der Waals surface area contributed by atoms with Gasteiger partial charge in [0.25, 0.3) is 6.43 Å². The first-order chi connectivity index (χ1) is 9.40. The fourth-order valence-corrected chi connectivity index (χ4v) is 2.28. The maximum atomic E-state index is 11.9. The van der Waals surface area contributed by atoms with Crippen molar-refractivity contribution in [1.82, 2.24) is 0 Å². The fourth-order valence-electron chi connectivity index (χ4n) is 2.28. The Morgan fingerprint density at radius 1 is 1.40 bits per heavy atom. The van der Waals surface area contributed by atoms with E-state index < -0.39 is 19.1 Å². The van der Waals surface area contributed by atoms with E-state index in [0.29, 0.717) is 13.0 Å². The molecule has 1 atom stereocenters. The van der Waals surface area contributed by atoms with E-state index in [1.165, 1.54) is 0 Å². The molecule has 1 aliphatic rings. The van der Waals surface area contributed by atoms with Crippen LogP contribution in [0.3, 0.4) is 0 Å². The van der Waals surface area contributed by atoms with Crippen molar-refractivity contribution < 1.29 is 23.4 Å². The first-order valence-corrected chi connectivity index (χ1v) is 6.71. The molecule has 0 spiro atoms. The average Bonchev–Trinajstić information content (AvgIpc) is 2.70. The van der Waals surface area contributed by atoms with Crippen LogP contribution in [0, 0.1) is 0 Å². The third-order valence-electron chi connectivity index (χ3n) is 3.49. The Labute approximate surface area is 117 Å². The van der Waals surface area contributed by atoms with Gasteiger partial charge < -0.3 is 14.6 Å². The van der Waals surface area contributed by atoms with Crippen LogP contribution in [0.15, 0.2) is 18.2 Å². The van der Waals surface area contributed by atoms with Crippen LogP contribution in [0.25, 0.3) is 0 Å². The summed E-state index contributed by atoms with van der Waals surface area (Å²) in [5.74, 6) is 0.847. The number of rotatable bonds is 6. The lowest BCUT2D eigenvalue weighted by molar-refractivity contribution is 0.00480. The Bertz CT molecular complexity index is 460. The van der Waals surface area contributed by atoms with Gasteiger partial charge in [-0.25, -0.2) is 8.78 Å². The second-order valence-electron chi connectivity index (χ2n) is 5.70. The van der Waals surface area contributed by atoms with Crippen molar-refractivity contribution in [3.05, 3.63) is 29.3 Å². The highest BCUT2D eigenvalue weighted by molar-refractivity contribution is 5.45. The van der Waals surface area contributed by atoms with Crippen LogP contribution in [0.4, 0.5) is 8.78 Å². The zero-order valence-corrected chi connectivity index (χ0v) is 11.7. The molecule has 0 bridgehead atoms. The van der Waals surface area contributed by atoms with Crippen LogP contribution in [-0.4, -0.2) is 31.4 Å². The van der Waals surface area contributed by atoms with Crippen LogP contribution in [-0.2, 0) is 10.2 Å². The Morgan fingerprint density at radius 2 is 2.15 bits per heavy atom. The monoisotopic (exact) mass is 286 g/mol. The molecule has 1 unspecified atom stereocenters. The Hall–Kier alpha value is -1.20. The summed E-state index contributed by atoms with van der Waals surface area (Å²) in [5, 5.41) is 10.1. The van der Waals surface area contributed by atoms with Crippen molar-refractivity contribution >= 4 is 0 Å². The highest BCUT2D eigenvalue weighted by Crippen LogP contribution is 2.39. The van der Waals surface area contributed by atoms with Crippen LogP contribution >= 0.6 is 0 Å². The van der Waals surface area contributed by atoms with Crippen molar-refractivity contribution in [1.29, 1.82) is 0 Å². The molecule has 0 saturated carbocycles. The van der Waals surface area contributed by atoms with Gasteiger partial charge in [0, 0.05) is 24.0 Å². The summed E-state index contributed by atoms with van der Waals surface area (Å²) in [6, 6.07) is 5.58. The Kier molecular flexibility index (Phi) is 4.60. The minimum Gasteiger partial charge on any atom is -0.492 e. The summed E-state index contributed by atoms with van der Waals surface area (Å²) >= 11 is 0. The fraction of sp³-hybridized carbons (Fsp3) is 0.600. The van der Waals surface area contributed by atoms with Crippen LogP contribution in [0.5, 0.6) is 5.75 Å². The van der Waals surface area contributed by atoms with Gasteiger partial charge in [-0.3, -0.25) is 0 Å². The van der Waals surface area contributed by atoms with Gasteiger partial charge in [0.05, 0.1) is 12.7 Å². The molecule has 20 heavy (non-hydrogen) atoms. The van der Waals surface area contributed by atoms with Crippen LogP contribution in [0.1, 0.15) is 37.5 Å². The molecule has 2 rings (SSSR count). The van der Waals surface area contributed by atoms with Gasteiger partial charge in [-0.2, -0.15) is 0 Å². The molecule has 0 amide bonds. The second kappa shape index (κ2) is 6.06. The maximum Gasteiger partial charge on any atom is 0.261 e. The number of aliphatic hydroxyl groups is 1. The zero-order chi connectivity index (χ0) is 14.8. The van der Waals surface area contributed by atoms with Crippen LogP contribution in [0.2, 0.25) is 0 Å². The molecule has 0 aliphatic carbocycles. The molecule has 0 fully saturated rings. The van der Waals surface area contributed by atoms with Crippen molar-refractivity contribution in [2.24, 2.45) is 0 Å². The largest absolute Gasteiger partial charge is 0.492 e. The summed E-state index contributed by atoms with van der Waals surface area (Å²) in [4.78, 5) is 0. The van der Waals surface area contributed by atoms with Gasteiger partial charge in [0.15, 0.2) is 0 Å². The number of halogens is 2. The molecule has 1 N–H and O–H groups in total. The third-order valence-corrected chi connectivity index (χ3v) is 3.49. The van der Waals surface area contributed by atoms with E-state index in [4.69, 9.17) is 9.47 Å². The second-order valence-corrected chi connectivity index (χ2v) is 5.70. The van der Waals surface area contributed by atoms with Gasteiger partial charge >= 0.3 is 0 Å². The first-order valence-electron chi connectivity index (χ1n) is 6.71. The molecule has 1 aromatic carbocycles. The van der Waals surface area contributed by atoms with Crippen molar-refractivity contribution in [3.63, 3.8) is 0 Å². The predicted molar refractivity (Wildman–Crippen MR) is 71.4 cm³/mol. The Morgan fingerprint density at radius 3 is 2.85 bits per heavy atom. The molecule has 0 radical (unpaired) electrons. The van der Waals surface area contributed by atoms with Gasteiger partial charge in [0.2, 0.25) is 0 Å². The summed E-state index contributed by atoms with van der Waals surface area (Å²) in [5.41, 5.74) is 1.77.